The molecule has 1 saturated heterocycles. The molecule has 1 aliphatic rings. The zero-order valence-corrected chi connectivity index (χ0v) is 17.9. The minimum Gasteiger partial charge on any atom is -0.392 e. The summed E-state index contributed by atoms with van der Waals surface area (Å²) in [7, 11) is 1.76. The van der Waals surface area contributed by atoms with E-state index in [2.05, 4.69) is 16.7 Å². The first-order chi connectivity index (χ1) is 14.3. The smallest absolute Gasteiger partial charge is 0.245 e. The van der Waals surface area contributed by atoms with Crippen LogP contribution in [0.1, 0.15) is 28.7 Å². The number of benzene rings is 2. The van der Waals surface area contributed by atoms with Crippen LogP contribution in [0.5, 0.6) is 0 Å². The van der Waals surface area contributed by atoms with Crippen molar-refractivity contribution in [3.63, 3.8) is 0 Å². The fourth-order valence-electron chi connectivity index (χ4n) is 3.76. The molecule has 2 amide bonds. The first-order valence-electron chi connectivity index (χ1n) is 10.4. The van der Waals surface area contributed by atoms with E-state index in [-0.39, 0.29) is 11.8 Å². The maximum atomic E-state index is 13.3. The molecule has 0 aliphatic carbocycles. The van der Waals surface area contributed by atoms with Crippen molar-refractivity contribution >= 4 is 11.8 Å². The molecule has 6 nitrogen and oxygen atoms in total. The Balaban J connectivity index is 1.75. The maximum absolute atomic E-state index is 13.3. The van der Waals surface area contributed by atoms with E-state index in [1.165, 1.54) is 5.56 Å². The van der Waals surface area contributed by atoms with E-state index in [9.17, 15) is 14.7 Å². The van der Waals surface area contributed by atoms with Gasteiger partial charge in [0, 0.05) is 26.6 Å². The summed E-state index contributed by atoms with van der Waals surface area (Å²) in [5.41, 5.74) is 4.38. The van der Waals surface area contributed by atoms with Gasteiger partial charge < -0.3 is 20.6 Å². The highest BCUT2D eigenvalue weighted by Crippen LogP contribution is 2.14. The summed E-state index contributed by atoms with van der Waals surface area (Å²) in [5, 5.41) is 15.7. The summed E-state index contributed by atoms with van der Waals surface area (Å²) in [6, 6.07) is 14.7. The first kappa shape index (κ1) is 22.0. The summed E-state index contributed by atoms with van der Waals surface area (Å²) in [5.74, 6) is -0.383. The van der Waals surface area contributed by atoms with Gasteiger partial charge in [0.1, 0.15) is 6.04 Å². The lowest BCUT2D eigenvalue weighted by molar-refractivity contribution is -0.136. The Morgan fingerprint density at radius 3 is 2.50 bits per heavy atom. The number of hydrogen-bond donors (Lipinski definition) is 3. The fraction of sp³-hybridized carbons (Fsp3) is 0.417. The van der Waals surface area contributed by atoms with Crippen molar-refractivity contribution in [1.29, 1.82) is 0 Å². The second-order valence-corrected chi connectivity index (χ2v) is 8.21. The Labute approximate surface area is 178 Å². The van der Waals surface area contributed by atoms with Crippen molar-refractivity contribution < 1.29 is 14.7 Å². The third-order valence-electron chi connectivity index (χ3n) is 5.69. The molecule has 0 saturated carbocycles. The molecule has 0 bridgehead atoms. The van der Waals surface area contributed by atoms with Crippen LogP contribution in [0.4, 0.5) is 0 Å². The Morgan fingerprint density at radius 2 is 1.87 bits per heavy atom. The van der Waals surface area contributed by atoms with E-state index in [4.69, 9.17) is 0 Å². The first-order valence-corrected chi connectivity index (χ1v) is 10.4. The molecule has 0 radical (unpaired) electrons. The maximum Gasteiger partial charge on any atom is 0.245 e. The number of nitrogens with one attached hydrogen (secondary N) is 2. The average Bonchev–Trinajstić information content (AvgIpc) is 3.17. The Morgan fingerprint density at radius 1 is 1.13 bits per heavy atom. The van der Waals surface area contributed by atoms with Crippen LogP contribution in [-0.2, 0) is 22.6 Å². The molecule has 0 aromatic heterocycles. The number of carbonyl (C=O) groups is 2. The molecule has 3 N–H and O–H groups in total. The van der Waals surface area contributed by atoms with Crippen molar-refractivity contribution in [1.82, 2.24) is 15.5 Å². The van der Waals surface area contributed by atoms with Crippen molar-refractivity contribution in [2.75, 3.05) is 13.6 Å². The number of rotatable bonds is 7. The standard InChI is InChI=1S/C24H31N3O3/c1-16-9-10-19(11-17(16)2)12-22(26-23(29)21-13-20(28)14-25-21)24(30)27(3)15-18-7-5-4-6-8-18/h4-11,20-22,25,28H,12-15H2,1-3H3,(H,26,29)/t20-,21?,22?/m1/s1. The lowest BCUT2D eigenvalue weighted by Crippen LogP contribution is -2.52. The highest BCUT2D eigenvalue weighted by molar-refractivity contribution is 5.90. The van der Waals surface area contributed by atoms with E-state index in [0.717, 1.165) is 16.7 Å². The lowest BCUT2D eigenvalue weighted by Gasteiger charge is -2.26. The Hall–Kier alpha value is -2.70. The van der Waals surface area contributed by atoms with Crippen LogP contribution in [0.25, 0.3) is 0 Å². The molecule has 2 aromatic rings. The second-order valence-electron chi connectivity index (χ2n) is 8.21. The van der Waals surface area contributed by atoms with Crippen LogP contribution >= 0.6 is 0 Å². The largest absolute Gasteiger partial charge is 0.392 e. The molecule has 2 unspecified atom stereocenters. The minimum absolute atomic E-state index is 0.135. The molecule has 160 valence electrons. The molecular weight excluding hydrogens is 378 g/mol. The number of carbonyl (C=O) groups excluding carboxylic acids is 2. The highest BCUT2D eigenvalue weighted by atomic mass is 16.3. The van der Waals surface area contributed by atoms with Gasteiger partial charge in [0.15, 0.2) is 0 Å². The number of aryl methyl sites for hydroxylation is 2. The van der Waals surface area contributed by atoms with Gasteiger partial charge in [-0.3, -0.25) is 9.59 Å². The van der Waals surface area contributed by atoms with Gasteiger partial charge in [-0.25, -0.2) is 0 Å². The van der Waals surface area contributed by atoms with Gasteiger partial charge in [-0.2, -0.15) is 0 Å². The van der Waals surface area contributed by atoms with Crippen LogP contribution in [-0.4, -0.2) is 53.6 Å². The van der Waals surface area contributed by atoms with E-state index < -0.39 is 18.2 Å². The number of aliphatic hydroxyl groups excluding tert-OH is 1. The van der Waals surface area contributed by atoms with Gasteiger partial charge in [0.2, 0.25) is 11.8 Å². The molecule has 1 heterocycles. The fourth-order valence-corrected chi connectivity index (χ4v) is 3.76. The molecule has 30 heavy (non-hydrogen) atoms. The quantitative estimate of drug-likeness (QED) is 0.650. The number of nitrogens with zero attached hydrogens (tertiary/aromatic N) is 1. The number of amides is 2. The highest BCUT2D eigenvalue weighted by Gasteiger charge is 2.32. The SMILES string of the molecule is Cc1ccc(CC(NC(=O)C2C[C@@H](O)CN2)C(=O)N(C)Cc2ccccc2)cc1C. The molecule has 0 spiro atoms. The molecule has 2 aromatic carbocycles. The molecule has 1 aliphatic heterocycles. The zero-order chi connectivity index (χ0) is 21.7. The summed E-state index contributed by atoms with van der Waals surface area (Å²) in [6.07, 6.45) is 0.242. The van der Waals surface area contributed by atoms with Crippen LogP contribution in [0.15, 0.2) is 48.5 Å². The molecular formula is C24H31N3O3. The van der Waals surface area contributed by atoms with E-state index in [1.807, 2.05) is 56.3 Å². The van der Waals surface area contributed by atoms with Gasteiger partial charge in [-0.05, 0) is 42.5 Å². The lowest BCUT2D eigenvalue weighted by atomic mass is 9.99. The normalized spacial score (nSPS) is 19.3. The predicted octanol–water partition coefficient (Wildman–Crippen LogP) is 1.71. The number of hydrogen-bond acceptors (Lipinski definition) is 4. The average molecular weight is 410 g/mol. The van der Waals surface area contributed by atoms with Crippen LogP contribution in [0, 0.1) is 13.8 Å². The molecule has 3 rings (SSSR count). The van der Waals surface area contributed by atoms with Crippen molar-refractivity contribution in [3.8, 4) is 0 Å². The van der Waals surface area contributed by atoms with Gasteiger partial charge in [-0.15, -0.1) is 0 Å². The zero-order valence-electron chi connectivity index (χ0n) is 17.9. The number of likely N-dealkylation sites (N-methyl/N-ethyl adjacent to an activating group) is 1. The van der Waals surface area contributed by atoms with Crippen LogP contribution in [0.2, 0.25) is 0 Å². The summed E-state index contributed by atoms with van der Waals surface area (Å²) in [4.78, 5) is 27.7. The van der Waals surface area contributed by atoms with Crippen molar-refractivity contribution in [2.45, 2.75) is 51.4 Å². The van der Waals surface area contributed by atoms with Gasteiger partial charge in [-0.1, -0.05) is 48.5 Å². The predicted molar refractivity (Wildman–Crippen MR) is 117 cm³/mol. The van der Waals surface area contributed by atoms with Crippen molar-refractivity contribution in [3.05, 3.63) is 70.8 Å². The molecule has 3 atom stereocenters. The third-order valence-corrected chi connectivity index (χ3v) is 5.69. The second kappa shape index (κ2) is 9.87. The van der Waals surface area contributed by atoms with Crippen molar-refractivity contribution in [2.24, 2.45) is 0 Å². The monoisotopic (exact) mass is 409 g/mol. The summed E-state index contributed by atoms with van der Waals surface area (Å²) < 4.78 is 0. The topological polar surface area (TPSA) is 81.7 Å². The van der Waals surface area contributed by atoms with Crippen LogP contribution in [0.3, 0.4) is 0 Å². The molecule has 6 heteroatoms. The van der Waals surface area contributed by atoms with Gasteiger partial charge >= 0.3 is 0 Å². The Kier molecular flexibility index (Phi) is 7.24. The Bertz CT molecular complexity index is 885. The van der Waals surface area contributed by atoms with Crippen LogP contribution < -0.4 is 10.6 Å². The van der Waals surface area contributed by atoms with E-state index >= 15 is 0 Å². The number of aliphatic hydroxyl groups is 1. The summed E-state index contributed by atoms with van der Waals surface area (Å²) in [6.45, 7) is 4.95. The van der Waals surface area contributed by atoms with Gasteiger partial charge in [0.25, 0.3) is 0 Å². The van der Waals surface area contributed by atoms with E-state index in [0.29, 0.717) is 25.9 Å². The third kappa shape index (κ3) is 5.68. The minimum atomic E-state index is -0.673. The van der Waals surface area contributed by atoms with E-state index in [1.54, 1.807) is 11.9 Å². The molecule has 1 fully saturated rings. The summed E-state index contributed by atoms with van der Waals surface area (Å²) >= 11 is 0. The number of β-amino-alcohol motifs (C(OH)–C–C–N with tert-alkyl or cyclic N) is 1. The van der Waals surface area contributed by atoms with Gasteiger partial charge in [0.05, 0.1) is 12.1 Å².